The molecule has 2 aliphatic rings. The lowest BCUT2D eigenvalue weighted by Gasteiger charge is -2.37. The number of amides is 2. The highest BCUT2D eigenvalue weighted by atomic mass is 16.5. The van der Waals surface area contributed by atoms with Crippen molar-refractivity contribution in [2.24, 2.45) is 11.8 Å². The van der Waals surface area contributed by atoms with Gasteiger partial charge in [-0.05, 0) is 44.2 Å². The number of rotatable bonds is 7. The first kappa shape index (κ1) is 20.8. The van der Waals surface area contributed by atoms with E-state index in [4.69, 9.17) is 4.52 Å². The molecule has 28 heavy (non-hydrogen) atoms. The van der Waals surface area contributed by atoms with E-state index in [0.29, 0.717) is 44.4 Å². The van der Waals surface area contributed by atoms with Crippen LogP contribution in [0.15, 0.2) is 10.6 Å². The molecular weight excluding hydrogens is 356 g/mol. The number of unbranched alkanes of at least 4 members (excludes halogenated alkanes) is 1. The van der Waals surface area contributed by atoms with Gasteiger partial charge in [0.25, 0.3) is 0 Å². The standard InChI is InChI=1S/C21H34N4O3/c1-3-4-5-20-14-19(23-28-20)12-18-15-22-7-6-17(18)13-21(27)25-10-8-24(9-11-25)16(2)26/h14,17-18,22H,3-13,15H2,1-2H3. The van der Waals surface area contributed by atoms with E-state index in [2.05, 4.69) is 23.5 Å². The van der Waals surface area contributed by atoms with Gasteiger partial charge in [-0.25, -0.2) is 0 Å². The molecule has 0 aliphatic carbocycles. The molecule has 156 valence electrons. The number of piperazine rings is 1. The van der Waals surface area contributed by atoms with E-state index in [9.17, 15) is 9.59 Å². The van der Waals surface area contributed by atoms with Crippen molar-refractivity contribution in [3.8, 4) is 0 Å². The Hall–Kier alpha value is -1.89. The first-order chi connectivity index (χ1) is 13.6. The average molecular weight is 391 g/mol. The summed E-state index contributed by atoms with van der Waals surface area (Å²) >= 11 is 0. The van der Waals surface area contributed by atoms with Crippen molar-refractivity contribution in [1.29, 1.82) is 0 Å². The van der Waals surface area contributed by atoms with E-state index in [1.54, 1.807) is 6.92 Å². The molecule has 2 unspecified atom stereocenters. The molecule has 1 N–H and O–H groups in total. The summed E-state index contributed by atoms with van der Waals surface area (Å²) in [5.41, 5.74) is 1.01. The zero-order valence-electron chi connectivity index (χ0n) is 17.3. The summed E-state index contributed by atoms with van der Waals surface area (Å²) in [6.45, 7) is 8.25. The molecule has 0 spiro atoms. The van der Waals surface area contributed by atoms with Gasteiger partial charge in [0, 0.05) is 52.0 Å². The van der Waals surface area contributed by atoms with Crippen molar-refractivity contribution in [1.82, 2.24) is 20.3 Å². The van der Waals surface area contributed by atoms with E-state index >= 15 is 0 Å². The van der Waals surface area contributed by atoms with E-state index in [-0.39, 0.29) is 11.8 Å². The third kappa shape index (κ3) is 5.56. The minimum absolute atomic E-state index is 0.0939. The summed E-state index contributed by atoms with van der Waals surface area (Å²) in [5.74, 6) is 2.06. The molecule has 1 aromatic rings. The quantitative estimate of drug-likeness (QED) is 0.769. The molecule has 1 aromatic heterocycles. The Bertz CT molecular complexity index is 652. The van der Waals surface area contributed by atoms with Crippen LogP contribution >= 0.6 is 0 Å². The van der Waals surface area contributed by atoms with Crippen molar-refractivity contribution in [3.05, 3.63) is 17.5 Å². The molecule has 7 heteroatoms. The number of aryl methyl sites for hydroxylation is 1. The number of hydrogen-bond acceptors (Lipinski definition) is 5. The maximum absolute atomic E-state index is 12.8. The molecule has 0 radical (unpaired) electrons. The van der Waals surface area contributed by atoms with Crippen LogP contribution in [0.5, 0.6) is 0 Å². The highest BCUT2D eigenvalue weighted by molar-refractivity contribution is 5.77. The van der Waals surface area contributed by atoms with Crippen molar-refractivity contribution in [3.63, 3.8) is 0 Å². The summed E-state index contributed by atoms with van der Waals surface area (Å²) in [5, 5.41) is 7.73. The summed E-state index contributed by atoms with van der Waals surface area (Å²) < 4.78 is 5.47. The van der Waals surface area contributed by atoms with Gasteiger partial charge in [0.1, 0.15) is 5.76 Å². The molecule has 7 nitrogen and oxygen atoms in total. The van der Waals surface area contributed by atoms with Gasteiger partial charge in [0.2, 0.25) is 11.8 Å². The number of carbonyl (C=O) groups is 2. The third-order valence-electron chi connectivity index (χ3n) is 6.14. The predicted octanol–water partition coefficient (Wildman–Crippen LogP) is 1.87. The summed E-state index contributed by atoms with van der Waals surface area (Å²) in [6, 6.07) is 2.09. The summed E-state index contributed by atoms with van der Waals surface area (Å²) in [7, 11) is 0. The lowest BCUT2D eigenvalue weighted by Crippen LogP contribution is -2.51. The Morgan fingerprint density at radius 1 is 1.21 bits per heavy atom. The van der Waals surface area contributed by atoms with Crippen LogP contribution in [0.3, 0.4) is 0 Å². The molecule has 0 saturated carbocycles. The number of nitrogens with one attached hydrogen (secondary N) is 1. The second kappa shape index (κ2) is 10.0. The van der Waals surface area contributed by atoms with Crippen molar-refractivity contribution >= 4 is 11.8 Å². The predicted molar refractivity (Wildman–Crippen MR) is 107 cm³/mol. The summed E-state index contributed by atoms with van der Waals surface area (Å²) in [4.78, 5) is 28.0. The SMILES string of the molecule is CCCCc1cc(CC2CNCCC2CC(=O)N2CCN(C(C)=O)CC2)no1. The number of piperidine rings is 1. The van der Waals surface area contributed by atoms with Gasteiger partial charge in [-0.1, -0.05) is 18.5 Å². The second-order valence-corrected chi connectivity index (χ2v) is 8.20. The maximum atomic E-state index is 12.8. The molecule has 2 aliphatic heterocycles. The van der Waals surface area contributed by atoms with Crippen molar-refractivity contribution < 1.29 is 14.1 Å². The monoisotopic (exact) mass is 390 g/mol. The van der Waals surface area contributed by atoms with Crippen LogP contribution in [-0.4, -0.2) is 66.0 Å². The number of nitrogens with zero attached hydrogens (tertiary/aromatic N) is 3. The molecule has 3 rings (SSSR count). The average Bonchev–Trinajstić information content (AvgIpc) is 3.15. The van der Waals surface area contributed by atoms with Crippen LogP contribution in [0.4, 0.5) is 0 Å². The molecule has 0 aromatic carbocycles. The van der Waals surface area contributed by atoms with Crippen LogP contribution < -0.4 is 5.32 Å². The fraction of sp³-hybridized carbons (Fsp3) is 0.762. The van der Waals surface area contributed by atoms with E-state index in [1.807, 2.05) is 9.80 Å². The Morgan fingerprint density at radius 2 is 1.96 bits per heavy atom. The molecular formula is C21H34N4O3. The van der Waals surface area contributed by atoms with Gasteiger partial charge in [-0.15, -0.1) is 0 Å². The first-order valence-electron chi connectivity index (χ1n) is 10.7. The van der Waals surface area contributed by atoms with E-state index < -0.39 is 0 Å². The van der Waals surface area contributed by atoms with Crippen molar-refractivity contribution in [2.75, 3.05) is 39.3 Å². The largest absolute Gasteiger partial charge is 0.361 e. The lowest BCUT2D eigenvalue weighted by molar-refractivity contribution is -0.139. The normalized spacial score (nSPS) is 23.1. The molecule has 2 saturated heterocycles. The van der Waals surface area contributed by atoms with Gasteiger partial charge in [-0.2, -0.15) is 0 Å². The van der Waals surface area contributed by atoms with Crippen LogP contribution in [0.2, 0.25) is 0 Å². The van der Waals surface area contributed by atoms with Gasteiger partial charge >= 0.3 is 0 Å². The molecule has 3 heterocycles. The van der Waals surface area contributed by atoms with Crippen LogP contribution in [-0.2, 0) is 22.4 Å². The Morgan fingerprint density at radius 3 is 2.68 bits per heavy atom. The Labute approximate surface area is 167 Å². The van der Waals surface area contributed by atoms with Crippen LogP contribution in [0.1, 0.15) is 51.0 Å². The fourth-order valence-electron chi connectivity index (χ4n) is 4.30. The van der Waals surface area contributed by atoms with Crippen LogP contribution in [0.25, 0.3) is 0 Å². The smallest absolute Gasteiger partial charge is 0.222 e. The second-order valence-electron chi connectivity index (χ2n) is 8.20. The van der Waals surface area contributed by atoms with Crippen molar-refractivity contribution in [2.45, 2.75) is 52.4 Å². The zero-order valence-corrected chi connectivity index (χ0v) is 17.3. The highest BCUT2D eigenvalue weighted by Gasteiger charge is 2.31. The topological polar surface area (TPSA) is 78.7 Å². The molecule has 2 atom stereocenters. The van der Waals surface area contributed by atoms with E-state index in [0.717, 1.165) is 56.6 Å². The van der Waals surface area contributed by atoms with Crippen LogP contribution in [0, 0.1) is 11.8 Å². The van der Waals surface area contributed by atoms with Gasteiger partial charge in [-0.3, -0.25) is 9.59 Å². The highest BCUT2D eigenvalue weighted by Crippen LogP contribution is 2.27. The number of aromatic nitrogens is 1. The Balaban J connectivity index is 1.52. The van der Waals surface area contributed by atoms with Gasteiger partial charge in [0.15, 0.2) is 0 Å². The Kier molecular flexibility index (Phi) is 7.48. The fourth-order valence-corrected chi connectivity index (χ4v) is 4.30. The lowest BCUT2D eigenvalue weighted by atomic mass is 9.81. The van der Waals surface area contributed by atoms with Gasteiger partial charge < -0.3 is 19.6 Å². The minimum atomic E-state index is 0.0939. The molecule has 0 bridgehead atoms. The molecule has 2 amide bonds. The number of carbonyl (C=O) groups excluding carboxylic acids is 2. The third-order valence-corrected chi connectivity index (χ3v) is 6.14. The minimum Gasteiger partial charge on any atom is -0.361 e. The molecule has 2 fully saturated rings. The zero-order chi connectivity index (χ0) is 19.9. The number of hydrogen-bond donors (Lipinski definition) is 1. The maximum Gasteiger partial charge on any atom is 0.222 e. The van der Waals surface area contributed by atoms with Gasteiger partial charge in [0.05, 0.1) is 5.69 Å². The first-order valence-corrected chi connectivity index (χ1v) is 10.7. The summed E-state index contributed by atoms with van der Waals surface area (Å²) in [6.07, 6.45) is 5.68. The van der Waals surface area contributed by atoms with E-state index in [1.165, 1.54) is 0 Å².